The number of anilines is 1. The number of carbonyl (C=O) groups is 2. The van der Waals surface area contributed by atoms with Gasteiger partial charge in [0.05, 0.1) is 23.5 Å². The summed E-state index contributed by atoms with van der Waals surface area (Å²) in [5, 5.41) is 17.0. The lowest BCUT2D eigenvalue weighted by atomic mass is 9.67. The summed E-state index contributed by atoms with van der Waals surface area (Å²) in [5.74, 6) is -1.17. The average molecular weight is 424 g/mol. The summed E-state index contributed by atoms with van der Waals surface area (Å²) in [6.45, 7) is 7.01. The Hall–Kier alpha value is -2.44. The van der Waals surface area contributed by atoms with E-state index >= 15 is 0 Å². The smallest absolute Gasteiger partial charge is 0.311 e. The summed E-state index contributed by atoms with van der Waals surface area (Å²) in [7, 11) is -2.54. The Balaban J connectivity index is 3.11. The fourth-order valence-electron chi connectivity index (χ4n) is 3.43. The molecule has 0 radical (unpaired) electrons. The molecule has 0 saturated carbocycles. The number of hydrogen-bond donors (Lipinski definition) is 2. The molecule has 0 spiro atoms. The van der Waals surface area contributed by atoms with Crippen LogP contribution in [-0.2, 0) is 24.3 Å². The first-order chi connectivity index (χ1) is 13.3. The number of primary sulfonamides is 1. The van der Waals surface area contributed by atoms with Gasteiger partial charge in [-0.15, -0.1) is 0 Å². The van der Waals surface area contributed by atoms with Crippen molar-refractivity contribution < 1.29 is 22.7 Å². The third-order valence-electron chi connectivity index (χ3n) is 5.20. The number of amides is 1. The van der Waals surface area contributed by atoms with Crippen LogP contribution in [-0.4, -0.2) is 27.4 Å². The van der Waals surface area contributed by atoms with Crippen molar-refractivity contribution in [3.63, 3.8) is 0 Å². The molecule has 8 nitrogen and oxygen atoms in total. The number of nitrogens with zero attached hydrogens (tertiary/aromatic N) is 1. The van der Waals surface area contributed by atoms with Crippen molar-refractivity contribution in [2.24, 2.45) is 21.9 Å². The standard InChI is InChI=1S/C20H29N3O5S/c1-6-19(3,13-20(4,18(25)28-5)11-14(2)12-21)17(24)23-15-7-9-16(10-8-15)29(22,26)27/h7-10,14H,6,11,13H2,1-5H3,(H,23,24)(H2,22,26,27). The summed E-state index contributed by atoms with van der Waals surface area (Å²) >= 11 is 0. The molecular formula is C20H29N3O5S. The minimum absolute atomic E-state index is 0.0579. The molecule has 0 aliphatic rings. The van der Waals surface area contributed by atoms with Crippen LogP contribution in [0.15, 0.2) is 29.2 Å². The molecule has 0 aliphatic heterocycles. The highest BCUT2D eigenvalue weighted by Gasteiger charge is 2.45. The number of methoxy groups -OCH3 is 1. The molecule has 160 valence electrons. The van der Waals surface area contributed by atoms with Crippen molar-refractivity contribution in [3.8, 4) is 6.07 Å². The van der Waals surface area contributed by atoms with E-state index in [0.717, 1.165) is 0 Å². The summed E-state index contributed by atoms with van der Waals surface area (Å²) in [5.41, 5.74) is -1.52. The van der Waals surface area contributed by atoms with Gasteiger partial charge in [0.2, 0.25) is 15.9 Å². The lowest BCUT2D eigenvalue weighted by Gasteiger charge is -2.37. The Kier molecular flexibility index (Phi) is 7.95. The van der Waals surface area contributed by atoms with E-state index in [9.17, 15) is 18.0 Å². The zero-order valence-corrected chi connectivity index (χ0v) is 18.3. The predicted molar refractivity (Wildman–Crippen MR) is 109 cm³/mol. The van der Waals surface area contributed by atoms with Gasteiger partial charge in [-0.2, -0.15) is 5.26 Å². The van der Waals surface area contributed by atoms with Crippen molar-refractivity contribution in [1.29, 1.82) is 5.26 Å². The van der Waals surface area contributed by atoms with E-state index in [-0.39, 0.29) is 29.6 Å². The summed E-state index contributed by atoms with van der Waals surface area (Å²) in [6, 6.07) is 7.63. The molecule has 1 aromatic rings. The Bertz CT molecular complexity index is 892. The number of nitrogens with two attached hydrogens (primary N) is 1. The second kappa shape index (κ2) is 9.37. The third-order valence-corrected chi connectivity index (χ3v) is 6.13. The van der Waals surface area contributed by atoms with E-state index in [1.54, 1.807) is 20.8 Å². The van der Waals surface area contributed by atoms with Gasteiger partial charge in [-0.1, -0.05) is 13.8 Å². The molecule has 1 amide bonds. The van der Waals surface area contributed by atoms with E-state index in [2.05, 4.69) is 11.4 Å². The van der Waals surface area contributed by atoms with Crippen molar-refractivity contribution in [1.82, 2.24) is 0 Å². The zero-order chi connectivity index (χ0) is 22.5. The van der Waals surface area contributed by atoms with Gasteiger partial charge < -0.3 is 10.1 Å². The second-order valence-electron chi connectivity index (χ2n) is 7.90. The highest BCUT2D eigenvalue weighted by atomic mass is 32.2. The van der Waals surface area contributed by atoms with Gasteiger partial charge in [0.1, 0.15) is 0 Å². The molecule has 3 unspecified atom stereocenters. The minimum Gasteiger partial charge on any atom is -0.469 e. The third kappa shape index (κ3) is 6.27. The lowest BCUT2D eigenvalue weighted by molar-refractivity contribution is -0.155. The van der Waals surface area contributed by atoms with Gasteiger partial charge in [-0.05, 0) is 57.4 Å². The molecule has 0 bridgehead atoms. The SMILES string of the molecule is CCC(C)(CC(C)(CC(C)C#N)C(=O)OC)C(=O)Nc1ccc(S(N)(=O)=O)cc1. The van der Waals surface area contributed by atoms with Crippen LogP contribution in [0.5, 0.6) is 0 Å². The quantitative estimate of drug-likeness (QED) is 0.585. The van der Waals surface area contributed by atoms with Gasteiger partial charge >= 0.3 is 5.97 Å². The van der Waals surface area contributed by atoms with Crippen LogP contribution in [0.4, 0.5) is 5.69 Å². The Morgan fingerprint density at radius 1 is 1.24 bits per heavy atom. The number of hydrogen-bond acceptors (Lipinski definition) is 6. The van der Waals surface area contributed by atoms with Crippen LogP contribution in [0.25, 0.3) is 0 Å². The van der Waals surface area contributed by atoms with Gasteiger partial charge in [0, 0.05) is 17.0 Å². The number of rotatable bonds is 9. The monoisotopic (exact) mass is 423 g/mol. The first-order valence-corrected chi connectivity index (χ1v) is 10.8. The first kappa shape index (κ1) is 24.6. The Labute approximate surface area is 172 Å². The van der Waals surface area contributed by atoms with Gasteiger partial charge in [-0.3, -0.25) is 9.59 Å². The molecule has 0 saturated heterocycles. The first-order valence-electron chi connectivity index (χ1n) is 9.23. The minimum atomic E-state index is -3.82. The highest BCUT2D eigenvalue weighted by Crippen LogP contribution is 2.42. The number of nitriles is 1. The molecule has 1 rings (SSSR count). The molecule has 0 heterocycles. The van der Waals surface area contributed by atoms with Crippen molar-refractivity contribution in [2.45, 2.75) is 51.9 Å². The highest BCUT2D eigenvalue weighted by molar-refractivity contribution is 7.89. The number of esters is 1. The van der Waals surface area contributed by atoms with Crippen LogP contribution in [0.3, 0.4) is 0 Å². The maximum atomic E-state index is 13.0. The molecule has 0 fully saturated rings. The Morgan fingerprint density at radius 2 is 1.79 bits per heavy atom. The van der Waals surface area contributed by atoms with Crippen LogP contribution < -0.4 is 10.5 Å². The van der Waals surface area contributed by atoms with E-state index < -0.39 is 26.8 Å². The van der Waals surface area contributed by atoms with Gasteiger partial charge in [-0.25, -0.2) is 13.6 Å². The van der Waals surface area contributed by atoms with Crippen molar-refractivity contribution in [3.05, 3.63) is 24.3 Å². The fourth-order valence-corrected chi connectivity index (χ4v) is 3.95. The molecule has 1 aromatic carbocycles. The van der Waals surface area contributed by atoms with Crippen LogP contribution in [0, 0.1) is 28.1 Å². The van der Waals surface area contributed by atoms with Crippen LogP contribution in [0.1, 0.15) is 47.0 Å². The van der Waals surface area contributed by atoms with E-state index in [4.69, 9.17) is 15.1 Å². The summed E-state index contributed by atoms with van der Waals surface area (Å²) in [6.07, 6.45) is 0.903. The number of carbonyl (C=O) groups excluding carboxylic acids is 2. The van der Waals surface area contributed by atoms with Crippen molar-refractivity contribution in [2.75, 3.05) is 12.4 Å². The van der Waals surface area contributed by atoms with Gasteiger partial charge in [0.15, 0.2) is 0 Å². The average Bonchev–Trinajstić information content (AvgIpc) is 2.66. The number of benzene rings is 1. The normalized spacial score (nSPS) is 16.6. The van der Waals surface area contributed by atoms with Crippen LogP contribution >= 0.6 is 0 Å². The Morgan fingerprint density at radius 3 is 2.21 bits per heavy atom. The summed E-state index contributed by atoms with van der Waals surface area (Å²) < 4.78 is 27.7. The molecule has 0 aromatic heterocycles. The molecule has 3 N–H and O–H groups in total. The molecule has 9 heteroatoms. The lowest BCUT2D eigenvalue weighted by Crippen LogP contribution is -2.42. The maximum absolute atomic E-state index is 13.0. The number of nitrogens with one attached hydrogen (secondary N) is 1. The van der Waals surface area contributed by atoms with Crippen LogP contribution in [0.2, 0.25) is 0 Å². The van der Waals surface area contributed by atoms with E-state index in [0.29, 0.717) is 12.1 Å². The van der Waals surface area contributed by atoms with Crippen molar-refractivity contribution >= 4 is 27.6 Å². The molecule has 0 aliphatic carbocycles. The molecule has 29 heavy (non-hydrogen) atoms. The molecular weight excluding hydrogens is 394 g/mol. The predicted octanol–water partition coefficient (Wildman–Crippen LogP) is 2.81. The maximum Gasteiger partial charge on any atom is 0.311 e. The summed E-state index contributed by atoms with van der Waals surface area (Å²) in [4.78, 5) is 25.4. The topological polar surface area (TPSA) is 139 Å². The number of sulfonamides is 1. The van der Waals surface area contributed by atoms with Gasteiger partial charge in [0.25, 0.3) is 0 Å². The molecule has 3 atom stereocenters. The largest absolute Gasteiger partial charge is 0.469 e. The zero-order valence-electron chi connectivity index (χ0n) is 17.5. The number of ether oxygens (including phenoxy) is 1. The second-order valence-corrected chi connectivity index (χ2v) is 9.46. The fraction of sp³-hybridized carbons (Fsp3) is 0.550. The van der Waals surface area contributed by atoms with E-state index in [1.807, 2.05) is 6.92 Å². The van der Waals surface area contributed by atoms with E-state index in [1.165, 1.54) is 31.4 Å².